The normalized spacial score (nSPS) is 12.0. The molecule has 3 nitrogen and oxygen atoms in total. The topological polar surface area (TPSA) is 37.4 Å². The second kappa shape index (κ2) is 4.02. The van der Waals surface area contributed by atoms with Crippen molar-refractivity contribution in [2.75, 3.05) is 0 Å². The Bertz CT molecular complexity index is 404. The zero-order valence-corrected chi connectivity index (χ0v) is 9.20. The van der Waals surface area contributed by atoms with Crippen LogP contribution < -0.4 is 0 Å². The van der Waals surface area contributed by atoms with Gasteiger partial charge in [0.2, 0.25) is 0 Å². The first-order chi connectivity index (χ1) is 5.96. The average Bonchev–Trinajstić information content (AvgIpc) is 2.04. The summed E-state index contributed by atoms with van der Waals surface area (Å²) in [7, 11) is -3.88. The number of nitrogens with zero attached hydrogens (tertiary/aromatic N) is 1. The Balaban J connectivity index is 3.32. The first-order valence-corrected chi connectivity index (χ1v) is 5.57. The van der Waals surface area contributed by atoms with Crippen molar-refractivity contribution in [3.8, 4) is 0 Å². The van der Waals surface area contributed by atoms with Crippen LogP contribution in [0.25, 0.3) is 0 Å². The predicted molar refractivity (Wildman–Crippen MR) is 52.2 cm³/mol. The molecule has 0 amide bonds. The molecule has 0 spiro atoms. The van der Waals surface area contributed by atoms with E-state index in [9.17, 15) is 8.42 Å². The molecular weight excluding hydrogens is 256 g/mol. The van der Waals surface area contributed by atoms with Crippen molar-refractivity contribution in [2.24, 2.45) is 0 Å². The largest absolute Gasteiger partial charge is 0.272 e. The third kappa shape index (κ3) is 2.27. The van der Waals surface area contributed by atoms with Crippen molar-refractivity contribution in [1.29, 1.82) is 0 Å². The maximum atomic E-state index is 11.3. The van der Waals surface area contributed by atoms with E-state index < -0.39 is 10.0 Å². The van der Waals surface area contributed by atoms with Crippen molar-refractivity contribution >= 4 is 45.2 Å². The maximum absolute atomic E-state index is 11.3. The molecule has 72 valence electrons. The number of halogens is 3. The highest BCUT2D eigenvalue weighted by atomic mass is 35.5. The lowest BCUT2D eigenvalue weighted by atomic mass is 10.4. The molecule has 0 aliphatic rings. The van der Waals surface area contributed by atoms with Gasteiger partial charge in [0, 0.05) is 23.6 Å². The Morgan fingerprint density at radius 3 is 2.15 bits per heavy atom. The van der Waals surface area contributed by atoms with E-state index in [2.05, 4.69) is 0 Å². The summed E-state index contributed by atoms with van der Waals surface area (Å²) in [5.41, 5.74) is 0. The monoisotopic (exact) mass is 259 g/mol. The molecule has 0 aliphatic carbocycles. The Hall–Kier alpha value is -0.000000000000000111. The summed E-state index contributed by atoms with van der Waals surface area (Å²) < 4.78 is 22.7. The van der Waals surface area contributed by atoms with Gasteiger partial charge in [-0.25, -0.2) is 8.42 Å². The lowest BCUT2D eigenvalue weighted by Crippen LogP contribution is -2.12. The summed E-state index contributed by atoms with van der Waals surface area (Å²) in [6.45, 7) is 0. The van der Waals surface area contributed by atoms with Gasteiger partial charge in [0.1, 0.15) is 4.90 Å². The highest BCUT2D eigenvalue weighted by Gasteiger charge is 2.23. The summed E-state index contributed by atoms with van der Waals surface area (Å²) in [4.78, 5) is -0.123. The van der Waals surface area contributed by atoms with Crippen LogP contribution in [0.2, 0.25) is 5.02 Å². The molecular formula is C6H4Cl3NO2S. The molecule has 1 aromatic rings. The van der Waals surface area contributed by atoms with Gasteiger partial charge in [-0.05, 0) is 15.5 Å². The Morgan fingerprint density at radius 2 is 1.69 bits per heavy atom. The number of hydrogen-bond donors (Lipinski definition) is 0. The van der Waals surface area contributed by atoms with Crippen molar-refractivity contribution < 1.29 is 8.42 Å². The average molecular weight is 261 g/mol. The van der Waals surface area contributed by atoms with Gasteiger partial charge >= 0.3 is 0 Å². The fraction of sp³-hybridized carbons (Fsp3) is 0. The number of rotatable bonds is 2. The molecule has 0 radical (unpaired) electrons. The molecule has 0 aromatic heterocycles. The Kier molecular flexibility index (Phi) is 3.43. The molecule has 0 saturated heterocycles. The van der Waals surface area contributed by atoms with E-state index in [1.165, 1.54) is 18.2 Å². The summed E-state index contributed by atoms with van der Waals surface area (Å²) in [6, 6.07) is 5.88. The molecule has 0 unspecified atom stereocenters. The minimum atomic E-state index is -3.88. The number of sulfonamides is 1. The van der Waals surface area contributed by atoms with Crippen molar-refractivity contribution in [3.63, 3.8) is 0 Å². The molecule has 0 atom stereocenters. The fourth-order valence-electron chi connectivity index (χ4n) is 0.728. The van der Waals surface area contributed by atoms with Crippen molar-refractivity contribution in [3.05, 3.63) is 29.3 Å². The lowest BCUT2D eigenvalue weighted by Gasteiger charge is -2.06. The quantitative estimate of drug-likeness (QED) is 0.767. The summed E-state index contributed by atoms with van der Waals surface area (Å²) in [6.07, 6.45) is 0. The third-order valence-corrected chi connectivity index (χ3v) is 4.10. The van der Waals surface area contributed by atoms with Gasteiger partial charge in [-0.2, -0.15) is 0 Å². The SMILES string of the molecule is O=S(=O)(c1ccccc1Cl)N(Cl)Cl. The standard InChI is InChI=1S/C6H4Cl3NO2S/c7-5-3-1-2-4-6(5)13(11,12)10(8)9/h1-4H. The third-order valence-electron chi connectivity index (χ3n) is 1.30. The molecule has 0 aliphatic heterocycles. The highest BCUT2D eigenvalue weighted by molar-refractivity contribution is 7.91. The first kappa shape index (κ1) is 11.1. The zero-order chi connectivity index (χ0) is 10.1. The fourth-order valence-corrected chi connectivity index (χ4v) is 2.32. The summed E-state index contributed by atoms with van der Waals surface area (Å²) in [5, 5.41) is 0.0776. The molecule has 1 rings (SSSR count). The molecule has 0 N–H and O–H groups in total. The van der Waals surface area contributed by atoms with Crippen LogP contribution in [0.4, 0.5) is 0 Å². The van der Waals surface area contributed by atoms with Gasteiger partial charge in [0.05, 0.1) is 5.02 Å². The van der Waals surface area contributed by atoms with Gasteiger partial charge in [-0.15, -0.1) is 0 Å². The number of hydrogen-bond acceptors (Lipinski definition) is 2. The molecule has 0 saturated carbocycles. The van der Waals surface area contributed by atoms with Crippen LogP contribution in [0.5, 0.6) is 0 Å². The minimum Gasteiger partial charge on any atom is -0.204 e. The van der Waals surface area contributed by atoms with Crippen LogP contribution in [0.1, 0.15) is 0 Å². The maximum Gasteiger partial charge on any atom is 0.272 e. The van der Waals surface area contributed by atoms with E-state index >= 15 is 0 Å². The lowest BCUT2D eigenvalue weighted by molar-refractivity contribution is 0.579. The summed E-state index contributed by atoms with van der Waals surface area (Å²) in [5.74, 6) is 0. The van der Waals surface area contributed by atoms with E-state index in [1.54, 1.807) is 6.07 Å². The van der Waals surface area contributed by atoms with Gasteiger partial charge in [-0.1, -0.05) is 23.7 Å². The van der Waals surface area contributed by atoms with Gasteiger partial charge in [0.25, 0.3) is 10.0 Å². The molecule has 7 heteroatoms. The molecule has 0 heterocycles. The van der Waals surface area contributed by atoms with Crippen LogP contribution in [0, 0.1) is 0 Å². The van der Waals surface area contributed by atoms with E-state index in [1.807, 2.05) is 0 Å². The smallest absolute Gasteiger partial charge is 0.204 e. The van der Waals surface area contributed by atoms with Crippen LogP contribution in [-0.4, -0.2) is 11.8 Å². The summed E-state index contributed by atoms with van der Waals surface area (Å²) >= 11 is 15.9. The van der Waals surface area contributed by atoms with E-state index in [4.69, 9.17) is 35.2 Å². The predicted octanol–water partition coefficient (Wildman–Crippen LogP) is 2.64. The van der Waals surface area contributed by atoms with Crippen LogP contribution in [0.3, 0.4) is 0 Å². The van der Waals surface area contributed by atoms with Crippen molar-refractivity contribution in [1.82, 2.24) is 3.34 Å². The second-order valence-electron chi connectivity index (χ2n) is 2.11. The first-order valence-electron chi connectivity index (χ1n) is 3.07. The van der Waals surface area contributed by atoms with Crippen molar-refractivity contribution in [2.45, 2.75) is 4.90 Å². The van der Waals surface area contributed by atoms with E-state index in [0.717, 1.165) is 0 Å². The minimum absolute atomic E-state index is 0.0776. The van der Waals surface area contributed by atoms with Gasteiger partial charge < -0.3 is 0 Å². The second-order valence-corrected chi connectivity index (χ2v) is 5.52. The molecule has 0 bridgehead atoms. The highest BCUT2D eigenvalue weighted by Crippen LogP contribution is 2.26. The van der Waals surface area contributed by atoms with Crippen LogP contribution in [0.15, 0.2) is 29.2 Å². The van der Waals surface area contributed by atoms with Gasteiger partial charge in [0.15, 0.2) is 0 Å². The zero-order valence-electron chi connectivity index (χ0n) is 6.12. The van der Waals surface area contributed by atoms with E-state index in [-0.39, 0.29) is 13.3 Å². The van der Waals surface area contributed by atoms with Gasteiger partial charge in [-0.3, -0.25) is 0 Å². The molecule has 0 fully saturated rings. The molecule has 1 aromatic carbocycles. The van der Waals surface area contributed by atoms with Crippen LogP contribution >= 0.6 is 35.2 Å². The molecule has 13 heavy (non-hydrogen) atoms. The van der Waals surface area contributed by atoms with E-state index in [0.29, 0.717) is 0 Å². The number of benzene rings is 1. The Morgan fingerprint density at radius 1 is 1.15 bits per heavy atom. The Labute approximate surface area is 91.1 Å². The van der Waals surface area contributed by atoms with Crippen LogP contribution in [-0.2, 0) is 10.0 Å².